The summed E-state index contributed by atoms with van der Waals surface area (Å²) in [4.78, 5) is 63.6. The Morgan fingerprint density at radius 1 is 1.13 bits per heavy atom. The van der Waals surface area contributed by atoms with Gasteiger partial charge in [0.15, 0.2) is 6.10 Å². The molecule has 208 valence electrons. The van der Waals surface area contributed by atoms with Crippen molar-refractivity contribution in [2.75, 3.05) is 13.2 Å². The number of carbonyl (C=O) groups is 5. The van der Waals surface area contributed by atoms with Gasteiger partial charge in [-0.3, -0.25) is 14.4 Å². The topological polar surface area (TPSA) is 223 Å². The van der Waals surface area contributed by atoms with Gasteiger partial charge in [0.1, 0.15) is 42.3 Å². The number of carboxylic acids is 1. The van der Waals surface area contributed by atoms with Crippen LogP contribution in [0.4, 0.5) is 4.79 Å². The van der Waals surface area contributed by atoms with E-state index in [0.29, 0.717) is 0 Å². The first-order valence-electron chi connectivity index (χ1n) is 11.5. The zero-order valence-corrected chi connectivity index (χ0v) is 21.2. The summed E-state index contributed by atoms with van der Waals surface area (Å²) in [5.74, 6) is -3.78. The molecule has 0 bridgehead atoms. The van der Waals surface area contributed by atoms with Gasteiger partial charge in [0.2, 0.25) is 17.6 Å². The summed E-state index contributed by atoms with van der Waals surface area (Å²) < 4.78 is 4.07. The van der Waals surface area contributed by atoms with E-state index in [4.69, 9.17) is 14.9 Å². The van der Waals surface area contributed by atoms with Crippen LogP contribution in [-0.4, -0.2) is 114 Å². The van der Waals surface area contributed by atoms with Crippen molar-refractivity contribution < 1.29 is 54.2 Å². The number of alkyl carbamates (subject to hydrolysis) is 1. The van der Waals surface area contributed by atoms with E-state index in [0.717, 1.165) is 0 Å². The van der Waals surface area contributed by atoms with E-state index in [1.165, 1.54) is 28.8 Å². The van der Waals surface area contributed by atoms with E-state index in [1.54, 1.807) is 32.0 Å². The molecular weight excluding hydrogens is 526 g/mol. The lowest BCUT2D eigenvalue weighted by Crippen LogP contribution is -2.71. The predicted molar refractivity (Wildman–Crippen MR) is 129 cm³/mol. The number of carbonyl (C=O) groups excluding carboxylic acids is 4. The molecule has 1 aromatic rings. The number of hydrogen-bond acceptors (Lipinski definition) is 11. The molecule has 2 saturated heterocycles. The normalized spacial score (nSPS) is 24.7. The third-order valence-corrected chi connectivity index (χ3v) is 7.80. The number of nitrogens with one attached hydrogen (secondary N) is 2. The molecule has 0 aromatic heterocycles. The molecule has 14 nitrogen and oxygen atoms in total. The highest BCUT2D eigenvalue weighted by molar-refractivity contribution is 8.01. The molecule has 3 amide bonds. The Labute approximate surface area is 220 Å². The molecule has 2 aliphatic heterocycles. The van der Waals surface area contributed by atoms with E-state index in [2.05, 4.69) is 10.6 Å². The number of nitrogens with zero attached hydrogens (tertiary/aromatic N) is 1. The maximum Gasteiger partial charge on any atom is 0.408 e. The number of Topliss-reactive ketones (excluding diaryl/α,β-unsaturated/α-hetero) is 1. The highest BCUT2D eigenvalue weighted by Gasteiger charge is 2.64. The first-order valence-corrected chi connectivity index (χ1v) is 12.4. The molecular formula is C23H29N3O11S. The molecule has 0 radical (unpaired) electrons. The van der Waals surface area contributed by atoms with Gasteiger partial charge in [-0.2, -0.15) is 0 Å². The number of β-lactam (4-membered cyclic amide) rings is 1. The molecule has 2 fully saturated rings. The molecule has 1 aromatic carbocycles. The maximum atomic E-state index is 13.3. The van der Waals surface area contributed by atoms with Gasteiger partial charge in [0, 0.05) is 4.75 Å². The summed E-state index contributed by atoms with van der Waals surface area (Å²) in [5, 5.41) is 51.6. The van der Waals surface area contributed by atoms with Crippen molar-refractivity contribution in [2.24, 2.45) is 0 Å². The fourth-order valence-corrected chi connectivity index (χ4v) is 5.95. The molecule has 15 heteroatoms. The predicted octanol–water partition coefficient (Wildman–Crippen LogP) is -2.27. The van der Waals surface area contributed by atoms with Gasteiger partial charge in [-0.05, 0) is 19.4 Å². The van der Waals surface area contributed by atoms with Crippen molar-refractivity contribution in [3.63, 3.8) is 0 Å². The minimum atomic E-state index is -2.07. The van der Waals surface area contributed by atoms with E-state index >= 15 is 0 Å². The standard InChI is InChI=1S/C23H29N3O11S/c1-23(2)17(21(34)35)26-19(33)14(20(26)38-23)24-18(32)13(10-6-4-3-5-7-10)25-22(36)37-16(12(30)9-28)15(31)11(29)8-27/h3-7,11,13-17,20,27-29,31H,8-9H2,1-2H3,(H,24,32)(H,25,36)(H,34,35)/t11-,13?,14?,15-,16-,17?,20?/m1/s1. The number of aliphatic hydroxyl groups excluding tert-OH is 4. The number of ketones is 1. The quantitative estimate of drug-likeness (QED) is 0.144. The van der Waals surface area contributed by atoms with Crippen LogP contribution >= 0.6 is 11.8 Å². The molecule has 3 rings (SSSR count). The van der Waals surface area contributed by atoms with Crippen LogP contribution in [0, 0.1) is 0 Å². The highest BCUT2D eigenvalue weighted by Crippen LogP contribution is 2.50. The summed E-state index contributed by atoms with van der Waals surface area (Å²) >= 11 is 1.22. The average Bonchev–Trinajstić information content (AvgIpc) is 3.15. The third kappa shape index (κ3) is 5.76. The number of hydrogen-bond donors (Lipinski definition) is 7. The van der Waals surface area contributed by atoms with Gasteiger partial charge < -0.3 is 45.8 Å². The molecule has 2 aliphatic rings. The Morgan fingerprint density at radius 3 is 2.32 bits per heavy atom. The molecule has 0 aliphatic carbocycles. The summed E-state index contributed by atoms with van der Waals surface area (Å²) in [6, 6.07) is 4.18. The number of benzene rings is 1. The average molecular weight is 556 g/mol. The lowest BCUT2D eigenvalue weighted by Gasteiger charge is -2.44. The van der Waals surface area contributed by atoms with E-state index in [1.807, 2.05) is 0 Å². The summed E-state index contributed by atoms with van der Waals surface area (Å²) in [6.07, 6.45) is -7.38. The summed E-state index contributed by atoms with van der Waals surface area (Å²) in [7, 11) is 0. The van der Waals surface area contributed by atoms with Gasteiger partial charge in [0.25, 0.3) is 0 Å². The largest absolute Gasteiger partial charge is 0.480 e. The Kier molecular flexibility index (Phi) is 8.99. The van der Waals surface area contributed by atoms with Crippen molar-refractivity contribution in [2.45, 2.75) is 60.4 Å². The maximum absolute atomic E-state index is 13.3. The van der Waals surface area contributed by atoms with Crippen molar-refractivity contribution in [3.8, 4) is 0 Å². The first-order chi connectivity index (χ1) is 17.8. The Balaban J connectivity index is 1.77. The SMILES string of the molecule is CC1(C)SC2C(NC(=O)C(NC(=O)O[C@H](C(=O)CO)[C@H](O)[C@H](O)CO)c3ccccc3)C(=O)N2C1C(=O)O. The lowest BCUT2D eigenvalue weighted by molar-refractivity contribution is -0.161. The number of thioether (sulfide) groups is 1. The lowest BCUT2D eigenvalue weighted by atomic mass is 9.95. The number of fused-ring (bicyclic) bond motifs is 1. The second kappa shape index (κ2) is 11.7. The van der Waals surface area contributed by atoms with Crippen molar-refractivity contribution >= 4 is 41.4 Å². The van der Waals surface area contributed by atoms with Crippen LogP contribution in [-0.2, 0) is 23.9 Å². The van der Waals surface area contributed by atoms with Gasteiger partial charge in [-0.15, -0.1) is 11.8 Å². The van der Waals surface area contributed by atoms with Crippen LogP contribution in [0.2, 0.25) is 0 Å². The van der Waals surface area contributed by atoms with Crippen LogP contribution in [0.15, 0.2) is 30.3 Å². The number of aliphatic carboxylic acids is 1. The molecule has 4 unspecified atom stereocenters. The number of carboxylic acid groups (broad SMARTS) is 1. The molecule has 0 spiro atoms. The molecule has 0 saturated carbocycles. The Hall–Kier alpha value is -3.24. The van der Waals surface area contributed by atoms with E-state index in [-0.39, 0.29) is 5.56 Å². The molecule has 38 heavy (non-hydrogen) atoms. The fraction of sp³-hybridized carbons (Fsp3) is 0.522. The van der Waals surface area contributed by atoms with Crippen molar-refractivity contribution in [1.29, 1.82) is 0 Å². The summed E-state index contributed by atoms with van der Waals surface area (Å²) in [6.45, 7) is 1.24. The number of amides is 3. The van der Waals surface area contributed by atoms with E-state index < -0.39 is 89.4 Å². The third-order valence-electron chi connectivity index (χ3n) is 6.23. The van der Waals surface area contributed by atoms with Gasteiger partial charge in [-0.1, -0.05) is 30.3 Å². The summed E-state index contributed by atoms with van der Waals surface area (Å²) in [5.41, 5.74) is 0.259. The van der Waals surface area contributed by atoms with Gasteiger partial charge in [0.05, 0.1) is 6.61 Å². The zero-order valence-electron chi connectivity index (χ0n) is 20.4. The first kappa shape index (κ1) is 29.3. The smallest absolute Gasteiger partial charge is 0.408 e. The van der Waals surface area contributed by atoms with Crippen LogP contribution < -0.4 is 10.6 Å². The Bertz CT molecular complexity index is 1090. The number of rotatable bonds is 11. The molecule has 7 N–H and O–H groups in total. The number of ether oxygens (including phenoxy) is 1. The fourth-order valence-electron chi connectivity index (χ4n) is 4.32. The number of aliphatic hydroxyl groups is 4. The van der Waals surface area contributed by atoms with Gasteiger partial charge in [-0.25, -0.2) is 9.59 Å². The van der Waals surface area contributed by atoms with Crippen LogP contribution in [0.25, 0.3) is 0 Å². The second-order valence-corrected chi connectivity index (χ2v) is 11.0. The van der Waals surface area contributed by atoms with Crippen LogP contribution in [0.1, 0.15) is 25.5 Å². The second-order valence-electron chi connectivity index (χ2n) is 9.26. The van der Waals surface area contributed by atoms with Crippen LogP contribution in [0.3, 0.4) is 0 Å². The van der Waals surface area contributed by atoms with Gasteiger partial charge >= 0.3 is 12.1 Å². The van der Waals surface area contributed by atoms with Crippen molar-refractivity contribution in [1.82, 2.24) is 15.5 Å². The highest BCUT2D eigenvalue weighted by atomic mass is 32.2. The molecule has 2 heterocycles. The Morgan fingerprint density at radius 2 is 1.76 bits per heavy atom. The minimum absolute atomic E-state index is 0.259. The van der Waals surface area contributed by atoms with Crippen molar-refractivity contribution in [3.05, 3.63) is 35.9 Å². The van der Waals surface area contributed by atoms with E-state index in [9.17, 15) is 39.3 Å². The molecule has 7 atom stereocenters. The van der Waals surface area contributed by atoms with Crippen LogP contribution in [0.5, 0.6) is 0 Å². The zero-order chi connectivity index (χ0) is 28.4. The monoisotopic (exact) mass is 555 g/mol. The minimum Gasteiger partial charge on any atom is -0.480 e.